The minimum atomic E-state index is 0.334. The van der Waals surface area contributed by atoms with Gasteiger partial charge >= 0.3 is 0 Å². The number of likely N-dealkylation sites (tertiary alicyclic amines) is 1. The molecule has 0 unspecified atom stereocenters. The van der Waals surface area contributed by atoms with E-state index in [-0.39, 0.29) is 0 Å². The fourth-order valence-electron chi connectivity index (χ4n) is 6.39. The number of fused-ring (bicyclic) bond motifs is 4. The van der Waals surface area contributed by atoms with Crippen LogP contribution in [0.1, 0.15) is 48.2 Å². The van der Waals surface area contributed by atoms with Crippen LogP contribution < -0.4 is 0 Å². The lowest BCUT2D eigenvalue weighted by atomic mass is 9.70. The maximum atomic E-state index is 13.0. The van der Waals surface area contributed by atoms with Gasteiger partial charge in [0, 0.05) is 56.4 Å². The highest BCUT2D eigenvalue weighted by atomic mass is 16.2. The Labute approximate surface area is 180 Å². The van der Waals surface area contributed by atoms with Gasteiger partial charge in [-0.25, -0.2) is 0 Å². The van der Waals surface area contributed by atoms with Crippen molar-refractivity contribution < 1.29 is 4.79 Å². The number of carbonyl (C=O) groups is 1. The van der Waals surface area contributed by atoms with Crippen LogP contribution in [0, 0.1) is 25.7 Å². The number of hydrogen-bond acceptors (Lipinski definition) is 3. The summed E-state index contributed by atoms with van der Waals surface area (Å²) in [7, 11) is 2.04. The first-order valence-corrected chi connectivity index (χ1v) is 11.6. The van der Waals surface area contributed by atoms with Crippen molar-refractivity contribution >= 4 is 5.91 Å². The van der Waals surface area contributed by atoms with Crippen LogP contribution in [0.5, 0.6) is 0 Å². The molecule has 0 radical (unpaired) electrons. The van der Waals surface area contributed by atoms with E-state index < -0.39 is 0 Å². The van der Waals surface area contributed by atoms with Gasteiger partial charge in [0.1, 0.15) is 0 Å². The van der Waals surface area contributed by atoms with Gasteiger partial charge < -0.3 is 4.90 Å². The first-order chi connectivity index (χ1) is 14.5. The molecule has 30 heavy (non-hydrogen) atoms. The molecule has 5 rings (SSSR count). The third-order valence-electron chi connectivity index (χ3n) is 7.90. The maximum absolute atomic E-state index is 13.0. The molecule has 0 spiro atoms. The highest BCUT2D eigenvalue weighted by molar-refractivity contribution is 5.78. The van der Waals surface area contributed by atoms with Gasteiger partial charge in [-0.2, -0.15) is 5.10 Å². The van der Waals surface area contributed by atoms with Gasteiger partial charge in [-0.1, -0.05) is 30.3 Å². The van der Waals surface area contributed by atoms with E-state index in [0.29, 0.717) is 29.8 Å². The van der Waals surface area contributed by atoms with Crippen LogP contribution in [0.3, 0.4) is 0 Å². The van der Waals surface area contributed by atoms with Gasteiger partial charge in [-0.15, -0.1) is 0 Å². The van der Waals surface area contributed by atoms with Gasteiger partial charge in [0.15, 0.2) is 0 Å². The lowest BCUT2D eigenvalue weighted by Gasteiger charge is -2.57. The molecule has 2 bridgehead atoms. The zero-order valence-corrected chi connectivity index (χ0v) is 18.6. The summed E-state index contributed by atoms with van der Waals surface area (Å²) in [4.78, 5) is 18.0. The Balaban J connectivity index is 1.42. The second kappa shape index (κ2) is 7.84. The standard InChI is InChI=1S/C25H34N4O/c1-17-22(18(2)27(3)26-17)16-28-14-20-13-21(15-28)24(12-19-8-5-4-6-9-19)29-23(20)10-7-11-25(29)30/h4-6,8-9,20-21,23-24H,7,10-16H2,1-3H3/t20-,21+,23+,24+/m1/s1. The van der Waals surface area contributed by atoms with Gasteiger partial charge in [-0.05, 0) is 56.9 Å². The third kappa shape index (κ3) is 3.47. The number of aromatic nitrogens is 2. The molecule has 0 N–H and O–H groups in total. The van der Waals surface area contributed by atoms with Crippen molar-refractivity contribution in [1.29, 1.82) is 0 Å². The van der Waals surface area contributed by atoms with Crippen LogP contribution in [0.4, 0.5) is 0 Å². The number of rotatable bonds is 4. The summed E-state index contributed by atoms with van der Waals surface area (Å²) in [5.74, 6) is 1.56. The van der Waals surface area contributed by atoms with Gasteiger partial charge in [-0.3, -0.25) is 14.4 Å². The number of benzene rings is 1. The van der Waals surface area contributed by atoms with Crippen molar-refractivity contribution in [3.63, 3.8) is 0 Å². The topological polar surface area (TPSA) is 41.4 Å². The maximum Gasteiger partial charge on any atom is 0.223 e. The SMILES string of the molecule is Cc1nn(C)c(C)c1CN1C[C@H]2C[C@@H](C1)[C@H](Cc1ccccc1)N1C(=O)CCC[C@@H]21. The number of nitrogens with zero attached hydrogens (tertiary/aromatic N) is 4. The fraction of sp³-hybridized carbons (Fsp3) is 0.600. The molecule has 4 atom stereocenters. The normalized spacial score (nSPS) is 29.2. The highest BCUT2D eigenvalue weighted by Gasteiger charge is 2.49. The van der Waals surface area contributed by atoms with Crippen LogP contribution >= 0.6 is 0 Å². The summed E-state index contributed by atoms with van der Waals surface area (Å²) in [5.41, 5.74) is 5.17. The molecule has 3 aliphatic heterocycles. The van der Waals surface area contributed by atoms with E-state index in [0.717, 1.165) is 44.6 Å². The number of piperidine rings is 3. The first-order valence-electron chi connectivity index (χ1n) is 11.6. The molecule has 5 heteroatoms. The van der Waals surface area contributed by atoms with E-state index in [2.05, 4.69) is 59.1 Å². The van der Waals surface area contributed by atoms with Crippen LogP contribution in [0.2, 0.25) is 0 Å². The van der Waals surface area contributed by atoms with Crippen molar-refractivity contribution in [3.05, 3.63) is 52.8 Å². The summed E-state index contributed by atoms with van der Waals surface area (Å²) in [6, 6.07) is 11.5. The average molecular weight is 407 g/mol. The summed E-state index contributed by atoms with van der Waals surface area (Å²) >= 11 is 0. The molecule has 0 saturated carbocycles. The zero-order chi connectivity index (χ0) is 20.8. The zero-order valence-electron chi connectivity index (χ0n) is 18.6. The number of carbonyl (C=O) groups excluding carboxylic acids is 1. The molecule has 1 aromatic heterocycles. The van der Waals surface area contributed by atoms with Crippen molar-refractivity contribution in [2.45, 2.75) is 64.6 Å². The van der Waals surface area contributed by atoms with E-state index in [9.17, 15) is 4.79 Å². The second-order valence-corrected chi connectivity index (χ2v) is 9.74. The summed E-state index contributed by atoms with van der Waals surface area (Å²) in [5, 5.41) is 4.63. The molecular weight excluding hydrogens is 372 g/mol. The quantitative estimate of drug-likeness (QED) is 0.781. The Kier molecular flexibility index (Phi) is 5.18. The predicted molar refractivity (Wildman–Crippen MR) is 118 cm³/mol. The van der Waals surface area contributed by atoms with Crippen molar-refractivity contribution in [1.82, 2.24) is 19.6 Å². The van der Waals surface area contributed by atoms with Crippen molar-refractivity contribution in [2.75, 3.05) is 13.1 Å². The van der Waals surface area contributed by atoms with Crippen molar-refractivity contribution in [2.24, 2.45) is 18.9 Å². The van der Waals surface area contributed by atoms with E-state index in [1.165, 1.54) is 29.7 Å². The first kappa shape index (κ1) is 19.8. The number of amides is 1. The molecule has 3 fully saturated rings. The van der Waals surface area contributed by atoms with Gasteiger partial charge in [0.25, 0.3) is 0 Å². The van der Waals surface area contributed by atoms with E-state index in [4.69, 9.17) is 0 Å². The van der Waals surface area contributed by atoms with E-state index in [1.807, 2.05) is 11.7 Å². The molecule has 5 nitrogen and oxygen atoms in total. The smallest absolute Gasteiger partial charge is 0.223 e. The van der Waals surface area contributed by atoms with Crippen LogP contribution in [-0.2, 0) is 24.8 Å². The Morgan fingerprint density at radius 2 is 1.87 bits per heavy atom. The van der Waals surface area contributed by atoms with E-state index in [1.54, 1.807) is 0 Å². The largest absolute Gasteiger partial charge is 0.336 e. The molecule has 1 amide bonds. The van der Waals surface area contributed by atoms with Gasteiger partial charge in [0.2, 0.25) is 5.91 Å². The van der Waals surface area contributed by atoms with Crippen LogP contribution in [0.25, 0.3) is 0 Å². The van der Waals surface area contributed by atoms with E-state index >= 15 is 0 Å². The van der Waals surface area contributed by atoms with Crippen LogP contribution in [-0.4, -0.2) is 50.7 Å². The molecule has 3 saturated heterocycles. The molecule has 3 aliphatic rings. The average Bonchev–Trinajstić information content (AvgIpc) is 2.98. The molecule has 160 valence electrons. The molecule has 1 aromatic carbocycles. The summed E-state index contributed by atoms with van der Waals surface area (Å²) in [6.07, 6.45) is 5.22. The summed E-state index contributed by atoms with van der Waals surface area (Å²) < 4.78 is 2.01. The second-order valence-electron chi connectivity index (χ2n) is 9.74. The minimum Gasteiger partial charge on any atom is -0.336 e. The number of hydrogen-bond donors (Lipinski definition) is 0. The lowest BCUT2D eigenvalue weighted by Crippen LogP contribution is -2.65. The van der Waals surface area contributed by atoms with Crippen molar-refractivity contribution in [3.8, 4) is 0 Å². The van der Waals surface area contributed by atoms with Crippen LogP contribution in [0.15, 0.2) is 30.3 Å². The summed E-state index contributed by atoms with van der Waals surface area (Å²) in [6.45, 7) is 7.49. The Hall–Kier alpha value is -2.14. The fourth-order valence-corrected chi connectivity index (χ4v) is 6.39. The Bertz CT molecular complexity index is 921. The molecule has 2 aromatic rings. The predicted octanol–water partition coefficient (Wildman–Crippen LogP) is 3.48. The monoisotopic (exact) mass is 406 g/mol. The Morgan fingerprint density at radius 3 is 2.60 bits per heavy atom. The third-order valence-corrected chi connectivity index (χ3v) is 7.90. The number of aryl methyl sites for hydroxylation is 2. The lowest BCUT2D eigenvalue weighted by molar-refractivity contribution is -0.152. The molecule has 0 aliphatic carbocycles. The Morgan fingerprint density at radius 1 is 1.10 bits per heavy atom. The molecular formula is C25H34N4O. The van der Waals surface area contributed by atoms with Gasteiger partial charge in [0.05, 0.1) is 5.69 Å². The highest BCUT2D eigenvalue weighted by Crippen LogP contribution is 2.43. The molecule has 4 heterocycles. The minimum absolute atomic E-state index is 0.334.